The summed E-state index contributed by atoms with van der Waals surface area (Å²) in [6, 6.07) is 13.8. The number of anilines is 1. The zero-order chi connectivity index (χ0) is 15.5. The number of halogens is 1. The van der Waals surface area contributed by atoms with E-state index in [9.17, 15) is 8.42 Å². The van der Waals surface area contributed by atoms with Crippen LogP contribution in [0.2, 0.25) is 5.02 Å². The van der Waals surface area contributed by atoms with E-state index in [1.165, 1.54) is 4.31 Å². The monoisotopic (exact) mass is 324 g/mol. The van der Waals surface area contributed by atoms with E-state index in [2.05, 4.69) is 5.32 Å². The largest absolute Gasteiger partial charge is 0.388 e. The van der Waals surface area contributed by atoms with E-state index in [-0.39, 0.29) is 11.4 Å². The highest BCUT2D eigenvalue weighted by Gasteiger charge is 2.20. The molecular weight excluding hydrogens is 308 g/mol. The third-order valence-electron chi connectivity index (χ3n) is 3.15. The first-order valence-corrected chi connectivity index (χ1v) is 8.24. The average molecular weight is 325 g/mol. The van der Waals surface area contributed by atoms with E-state index in [4.69, 9.17) is 11.6 Å². The number of nitrogens with zero attached hydrogens (tertiary/aromatic N) is 1. The normalized spacial score (nSPS) is 11.6. The lowest BCUT2D eigenvalue weighted by molar-refractivity contribution is 0.467. The Kier molecular flexibility index (Phi) is 4.88. The molecule has 2 rings (SSSR count). The third-order valence-corrected chi connectivity index (χ3v) is 5.20. The first-order valence-electron chi connectivity index (χ1n) is 6.42. The second-order valence-electron chi connectivity index (χ2n) is 4.67. The lowest BCUT2D eigenvalue weighted by Gasteiger charge is -2.17. The molecule has 112 valence electrons. The Balaban J connectivity index is 2.21. The van der Waals surface area contributed by atoms with Crippen LogP contribution in [0.5, 0.6) is 0 Å². The smallest absolute Gasteiger partial charge is 0.243 e. The Morgan fingerprint density at radius 3 is 2.38 bits per heavy atom. The van der Waals surface area contributed by atoms with E-state index in [1.807, 2.05) is 6.07 Å². The molecule has 0 bridgehead atoms. The molecule has 0 saturated carbocycles. The molecule has 0 radical (unpaired) electrons. The summed E-state index contributed by atoms with van der Waals surface area (Å²) in [5, 5.41) is 3.55. The van der Waals surface area contributed by atoms with Crippen LogP contribution in [0.15, 0.2) is 53.4 Å². The zero-order valence-electron chi connectivity index (χ0n) is 11.9. The van der Waals surface area contributed by atoms with E-state index in [0.29, 0.717) is 5.02 Å². The summed E-state index contributed by atoms with van der Waals surface area (Å²) in [5.41, 5.74) is 1.71. The van der Waals surface area contributed by atoms with Crippen molar-refractivity contribution in [1.82, 2.24) is 4.31 Å². The standard InChI is InChI=1S/C15H17ClN2O2S/c1-17-14-6-8-15(9-7-14)21(19,20)18(2)11-12-4-3-5-13(16)10-12/h3-10,17H,11H2,1-2H3. The van der Waals surface area contributed by atoms with Crippen molar-refractivity contribution in [2.75, 3.05) is 19.4 Å². The molecule has 0 atom stereocenters. The zero-order valence-corrected chi connectivity index (χ0v) is 13.4. The minimum absolute atomic E-state index is 0.269. The quantitative estimate of drug-likeness (QED) is 0.918. The van der Waals surface area contributed by atoms with Gasteiger partial charge < -0.3 is 5.32 Å². The fourth-order valence-corrected chi connectivity index (χ4v) is 3.32. The molecule has 0 spiro atoms. The number of hydrogen-bond donors (Lipinski definition) is 1. The van der Waals surface area contributed by atoms with Gasteiger partial charge in [0.2, 0.25) is 10.0 Å². The maximum atomic E-state index is 12.5. The van der Waals surface area contributed by atoms with Gasteiger partial charge in [0.25, 0.3) is 0 Å². The van der Waals surface area contributed by atoms with E-state index >= 15 is 0 Å². The second-order valence-corrected chi connectivity index (χ2v) is 7.15. The topological polar surface area (TPSA) is 49.4 Å². The van der Waals surface area contributed by atoms with Crippen molar-refractivity contribution in [2.24, 2.45) is 0 Å². The van der Waals surface area contributed by atoms with Crippen molar-refractivity contribution in [1.29, 1.82) is 0 Å². The van der Waals surface area contributed by atoms with Gasteiger partial charge >= 0.3 is 0 Å². The van der Waals surface area contributed by atoms with Crippen molar-refractivity contribution in [2.45, 2.75) is 11.4 Å². The summed E-state index contributed by atoms with van der Waals surface area (Å²) < 4.78 is 26.3. The number of nitrogens with one attached hydrogen (secondary N) is 1. The fourth-order valence-electron chi connectivity index (χ4n) is 1.95. The first-order chi connectivity index (χ1) is 9.93. The molecule has 0 aliphatic carbocycles. The molecule has 0 fully saturated rings. The van der Waals surface area contributed by atoms with E-state index in [1.54, 1.807) is 56.6 Å². The molecule has 1 N–H and O–H groups in total. The van der Waals surface area contributed by atoms with Gasteiger partial charge in [0.05, 0.1) is 4.90 Å². The van der Waals surface area contributed by atoms with E-state index < -0.39 is 10.0 Å². The lowest BCUT2D eigenvalue weighted by atomic mass is 10.2. The maximum absolute atomic E-state index is 12.5. The van der Waals surface area contributed by atoms with E-state index in [0.717, 1.165) is 11.3 Å². The molecule has 2 aromatic rings. The van der Waals surface area contributed by atoms with Crippen LogP contribution in [-0.4, -0.2) is 26.8 Å². The number of rotatable bonds is 5. The predicted octanol–water partition coefficient (Wildman–Crippen LogP) is 3.20. The summed E-state index contributed by atoms with van der Waals surface area (Å²) >= 11 is 5.92. The van der Waals surface area contributed by atoms with Crippen LogP contribution >= 0.6 is 11.6 Å². The molecule has 4 nitrogen and oxygen atoms in total. The summed E-state index contributed by atoms with van der Waals surface area (Å²) in [4.78, 5) is 0.269. The average Bonchev–Trinajstić information content (AvgIpc) is 2.47. The Hall–Kier alpha value is -1.56. The van der Waals surface area contributed by atoms with Crippen LogP contribution in [0.25, 0.3) is 0 Å². The number of sulfonamides is 1. The molecule has 0 aliphatic rings. The summed E-state index contributed by atoms with van der Waals surface area (Å²) in [7, 11) is -0.168. The van der Waals surface area contributed by atoms with Crippen LogP contribution in [0.4, 0.5) is 5.69 Å². The second kappa shape index (κ2) is 6.47. The van der Waals surface area contributed by atoms with Gasteiger partial charge in [0.1, 0.15) is 0 Å². The predicted molar refractivity (Wildman–Crippen MR) is 86.1 cm³/mol. The molecule has 0 aliphatic heterocycles. The van der Waals surface area contributed by atoms with Crippen LogP contribution < -0.4 is 5.32 Å². The molecule has 0 aromatic heterocycles. The molecule has 0 heterocycles. The minimum Gasteiger partial charge on any atom is -0.388 e. The summed E-state index contributed by atoms with van der Waals surface area (Å²) in [5.74, 6) is 0. The summed E-state index contributed by atoms with van der Waals surface area (Å²) in [6.45, 7) is 0.274. The van der Waals surface area contributed by atoms with Gasteiger partial charge in [-0.2, -0.15) is 4.31 Å². The van der Waals surface area contributed by atoms with Gasteiger partial charge in [-0.1, -0.05) is 23.7 Å². The molecule has 2 aromatic carbocycles. The number of benzene rings is 2. The SMILES string of the molecule is CNc1ccc(S(=O)(=O)N(C)Cc2cccc(Cl)c2)cc1. The van der Waals surface area contributed by atoms with Crippen LogP contribution in [0.3, 0.4) is 0 Å². The Morgan fingerprint density at radius 2 is 1.81 bits per heavy atom. The van der Waals surface area contributed by atoms with Crippen molar-refractivity contribution in [3.8, 4) is 0 Å². The van der Waals surface area contributed by atoms with Gasteiger partial charge in [-0.25, -0.2) is 8.42 Å². The highest BCUT2D eigenvalue weighted by molar-refractivity contribution is 7.89. The summed E-state index contributed by atoms with van der Waals surface area (Å²) in [6.07, 6.45) is 0. The first kappa shape index (κ1) is 15.8. The van der Waals surface area contributed by atoms with Gasteiger partial charge in [0, 0.05) is 31.4 Å². The van der Waals surface area contributed by atoms with Crippen molar-refractivity contribution >= 4 is 27.3 Å². The van der Waals surface area contributed by atoms with Crippen molar-refractivity contribution in [3.63, 3.8) is 0 Å². The minimum atomic E-state index is -3.51. The van der Waals surface area contributed by atoms with Gasteiger partial charge in [0.15, 0.2) is 0 Å². The Bertz CT molecular complexity index is 715. The highest BCUT2D eigenvalue weighted by atomic mass is 35.5. The fraction of sp³-hybridized carbons (Fsp3) is 0.200. The van der Waals surface area contributed by atoms with Gasteiger partial charge in [-0.05, 0) is 42.0 Å². The highest BCUT2D eigenvalue weighted by Crippen LogP contribution is 2.20. The molecule has 0 saturated heterocycles. The molecular formula is C15H17ClN2O2S. The van der Waals surface area contributed by atoms with Crippen LogP contribution in [0.1, 0.15) is 5.56 Å². The van der Waals surface area contributed by atoms with Gasteiger partial charge in [-0.3, -0.25) is 0 Å². The molecule has 21 heavy (non-hydrogen) atoms. The van der Waals surface area contributed by atoms with Crippen LogP contribution in [0, 0.1) is 0 Å². The van der Waals surface area contributed by atoms with Crippen molar-refractivity contribution < 1.29 is 8.42 Å². The molecule has 0 unspecified atom stereocenters. The Labute approximate surface area is 130 Å². The maximum Gasteiger partial charge on any atom is 0.243 e. The third kappa shape index (κ3) is 3.75. The molecule has 0 amide bonds. The van der Waals surface area contributed by atoms with Crippen LogP contribution in [-0.2, 0) is 16.6 Å². The molecule has 6 heteroatoms. The number of hydrogen-bond acceptors (Lipinski definition) is 3. The Morgan fingerprint density at radius 1 is 1.14 bits per heavy atom. The van der Waals surface area contributed by atoms with Crippen molar-refractivity contribution in [3.05, 3.63) is 59.1 Å². The van der Waals surface area contributed by atoms with Gasteiger partial charge in [-0.15, -0.1) is 0 Å². The lowest BCUT2D eigenvalue weighted by Crippen LogP contribution is -2.26.